The second-order valence-electron chi connectivity index (χ2n) is 8.45. The van der Waals surface area contributed by atoms with Crippen molar-refractivity contribution in [1.82, 2.24) is 5.32 Å². The zero-order chi connectivity index (χ0) is 22.3. The first kappa shape index (κ1) is 21.7. The fourth-order valence-electron chi connectivity index (χ4n) is 4.32. The van der Waals surface area contributed by atoms with Crippen LogP contribution in [0.25, 0.3) is 0 Å². The summed E-state index contributed by atoms with van der Waals surface area (Å²) in [7, 11) is -0.988. The van der Waals surface area contributed by atoms with Gasteiger partial charge in [-0.2, -0.15) is 0 Å². The Morgan fingerprint density at radius 1 is 1.19 bits per heavy atom. The van der Waals surface area contributed by atoms with Crippen molar-refractivity contribution in [2.45, 2.75) is 51.6 Å². The summed E-state index contributed by atoms with van der Waals surface area (Å²) in [6.07, 6.45) is 4.30. The average molecular weight is 445 g/mol. The minimum atomic E-state index is -2.27. The number of methoxy groups -OCH3 is 1. The molecule has 2 aliphatic carbocycles. The minimum Gasteiger partial charge on any atom is -0.466 e. The molecule has 164 valence electrons. The van der Waals surface area contributed by atoms with Crippen molar-refractivity contribution in [3.8, 4) is 0 Å². The normalized spacial score (nSPS) is 21.8. The molecule has 9 heteroatoms. The van der Waals surface area contributed by atoms with Crippen LogP contribution in [0.2, 0.25) is 0 Å². The highest BCUT2D eigenvalue weighted by atomic mass is 31.1. The zero-order valence-electron chi connectivity index (χ0n) is 17.8. The van der Waals surface area contributed by atoms with E-state index >= 15 is 0 Å². The number of carbonyl (C=O) groups is 1. The number of hydrogen-bond donors (Lipinski definition) is 1. The molecule has 3 aliphatic rings. The molecule has 4 rings (SSSR count). The van der Waals surface area contributed by atoms with E-state index in [1.807, 2.05) is 0 Å². The van der Waals surface area contributed by atoms with Crippen LogP contribution < -0.4 is 5.32 Å². The van der Waals surface area contributed by atoms with Crippen LogP contribution in [0, 0.1) is 22.0 Å². The van der Waals surface area contributed by atoms with Gasteiger partial charge in [0, 0.05) is 17.8 Å². The third-order valence-electron chi connectivity index (χ3n) is 6.13. The molecule has 0 bridgehead atoms. The molecule has 1 aliphatic heterocycles. The van der Waals surface area contributed by atoms with E-state index in [1.165, 1.54) is 19.2 Å². The van der Waals surface area contributed by atoms with Gasteiger partial charge in [-0.1, -0.05) is 12.1 Å². The number of rotatable bonds is 8. The van der Waals surface area contributed by atoms with Gasteiger partial charge in [-0.05, 0) is 61.5 Å². The predicted octanol–water partition coefficient (Wildman–Crippen LogP) is 4.91. The summed E-state index contributed by atoms with van der Waals surface area (Å²) in [6, 6.07) is 6.08. The van der Waals surface area contributed by atoms with Crippen LogP contribution >= 0.6 is 8.03 Å². The Hall–Kier alpha value is -2.57. The second kappa shape index (κ2) is 8.52. The summed E-state index contributed by atoms with van der Waals surface area (Å²) in [4.78, 5) is 23.6. The number of allylic oxidation sites excluding steroid dienone is 3. The molecule has 0 aromatic heterocycles. The summed E-state index contributed by atoms with van der Waals surface area (Å²) >= 11 is 0. The molecule has 0 saturated heterocycles. The second-order valence-corrected chi connectivity index (χ2v) is 9.66. The summed E-state index contributed by atoms with van der Waals surface area (Å²) in [5.74, 6) is -0.442. The van der Waals surface area contributed by atoms with Crippen molar-refractivity contribution in [1.29, 1.82) is 0 Å². The lowest BCUT2D eigenvalue weighted by atomic mass is 9.86. The van der Waals surface area contributed by atoms with Gasteiger partial charge in [-0.25, -0.2) is 4.79 Å². The van der Waals surface area contributed by atoms with Crippen LogP contribution in [0.4, 0.5) is 5.69 Å². The van der Waals surface area contributed by atoms with Crippen LogP contribution in [0.15, 0.2) is 46.5 Å². The van der Waals surface area contributed by atoms with E-state index in [1.54, 1.807) is 26.0 Å². The Morgan fingerprint density at radius 2 is 1.84 bits per heavy atom. The number of non-ortho nitro benzene ring substituents is 1. The molecule has 0 radical (unpaired) electrons. The minimum absolute atomic E-state index is 0.0387. The quantitative estimate of drug-likeness (QED) is 0.262. The number of dihydropyridines is 1. The fraction of sp³-hybridized carbons (Fsp3) is 0.500. The molecule has 1 aromatic rings. The first-order chi connectivity index (χ1) is 14.8. The molecule has 0 amide bonds. The standard InChI is InChI=1S/C22H25N2O6P/c1-12-18(22(25)29-3)19(16-5-4-6-17(11-16)24(26)27)21(13(2)23-12)31(28)30-20(14-7-8-14)15-9-10-15/h4-6,11,14-15,19-20H,7-10H2,1-3H3/p+1. The Kier molecular flexibility index (Phi) is 5.95. The van der Waals surface area contributed by atoms with E-state index in [2.05, 4.69) is 5.32 Å². The topological polar surface area (TPSA) is 108 Å². The molecule has 8 nitrogen and oxygen atoms in total. The predicted molar refractivity (Wildman–Crippen MR) is 114 cm³/mol. The van der Waals surface area contributed by atoms with Gasteiger partial charge in [0.15, 0.2) is 0 Å². The molecule has 31 heavy (non-hydrogen) atoms. The van der Waals surface area contributed by atoms with Gasteiger partial charge in [0.05, 0.1) is 29.2 Å². The fourth-order valence-corrected chi connectivity index (χ4v) is 5.82. The van der Waals surface area contributed by atoms with E-state index < -0.39 is 24.8 Å². The van der Waals surface area contributed by atoms with Crippen LogP contribution in [0.1, 0.15) is 51.0 Å². The van der Waals surface area contributed by atoms with Gasteiger partial charge in [-0.3, -0.25) is 10.1 Å². The highest BCUT2D eigenvalue weighted by molar-refractivity contribution is 7.44. The van der Waals surface area contributed by atoms with Gasteiger partial charge >= 0.3 is 14.0 Å². The molecule has 2 fully saturated rings. The number of ether oxygens (including phenoxy) is 1. The molecule has 2 saturated carbocycles. The van der Waals surface area contributed by atoms with Crippen molar-refractivity contribution in [2.24, 2.45) is 11.8 Å². The number of nitro benzene ring substituents is 1. The summed E-state index contributed by atoms with van der Waals surface area (Å²) in [5.41, 5.74) is 1.89. The average Bonchev–Trinajstić information content (AvgIpc) is 3.64. The maximum atomic E-state index is 13.6. The van der Waals surface area contributed by atoms with Gasteiger partial charge in [0.1, 0.15) is 6.10 Å². The number of hydrogen-bond acceptors (Lipinski definition) is 7. The zero-order valence-corrected chi connectivity index (χ0v) is 18.7. The number of carbonyl (C=O) groups excluding carboxylic acids is 1. The number of nitrogens with zero attached hydrogens (tertiary/aromatic N) is 1. The first-order valence-electron chi connectivity index (χ1n) is 10.5. The van der Waals surface area contributed by atoms with Gasteiger partial charge < -0.3 is 10.1 Å². The molecular weight excluding hydrogens is 419 g/mol. The van der Waals surface area contributed by atoms with Crippen LogP contribution in [-0.2, 0) is 18.6 Å². The highest BCUT2D eigenvalue weighted by Gasteiger charge is 2.51. The molecule has 1 N–H and O–H groups in total. The Labute approximate surface area is 181 Å². The lowest BCUT2D eigenvalue weighted by Gasteiger charge is -2.26. The van der Waals surface area contributed by atoms with Crippen molar-refractivity contribution in [3.63, 3.8) is 0 Å². The molecule has 0 spiro atoms. The summed E-state index contributed by atoms with van der Waals surface area (Å²) < 4.78 is 24.7. The SMILES string of the molecule is COC(=O)C1=C(C)NC(C)=C([P+](=O)OC(C2CC2)C2CC2)C1c1cccc([N+](=O)[O-])c1. The molecule has 2 atom stereocenters. The van der Waals surface area contributed by atoms with E-state index in [4.69, 9.17) is 9.26 Å². The van der Waals surface area contributed by atoms with Gasteiger partial charge in [0.25, 0.3) is 5.69 Å². The van der Waals surface area contributed by atoms with Crippen LogP contribution in [0.3, 0.4) is 0 Å². The monoisotopic (exact) mass is 445 g/mol. The Morgan fingerprint density at radius 3 is 2.39 bits per heavy atom. The van der Waals surface area contributed by atoms with Crippen LogP contribution in [-0.4, -0.2) is 24.1 Å². The van der Waals surface area contributed by atoms with Crippen LogP contribution in [0.5, 0.6) is 0 Å². The Balaban J connectivity index is 1.76. The summed E-state index contributed by atoms with van der Waals surface area (Å²) in [5, 5.41) is 14.9. The van der Waals surface area contributed by atoms with Gasteiger partial charge in [-0.15, -0.1) is 4.52 Å². The number of nitrogens with one attached hydrogen (secondary N) is 1. The first-order valence-corrected chi connectivity index (χ1v) is 11.6. The number of benzene rings is 1. The van der Waals surface area contributed by atoms with Crippen molar-refractivity contribution < 1.29 is 23.5 Å². The van der Waals surface area contributed by atoms with Crippen molar-refractivity contribution >= 4 is 19.7 Å². The smallest absolute Gasteiger partial charge is 0.466 e. The molecule has 2 unspecified atom stereocenters. The summed E-state index contributed by atoms with van der Waals surface area (Å²) in [6.45, 7) is 3.53. The molecule has 1 aromatic carbocycles. The van der Waals surface area contributed by atoms with Gasteiger partial charge in [0.2, 0.25) is 5.31 Å². The molecular formula is C22H26N2O6P+. The van der Waals surface area contributed by atoms with E-state index in [0.29, 0.717) is 34.1 Å². The van der Waals surface area contributed by atoms with Crippen molar-refractivity contribution in [2.75, 3.05) is 7.11 Å². The largest absolute Gasteiger partial charge is 0.547 e. The maximum absolute atomic E-state index is 13.6. The third-order valence-corrected chi connectivity index (χ3v) is 7.55. The Bertz CT molecular complexity index is 997. The maximum Gasteiger partial charge on any atom is 0.547 e. The van der Waals surface area contributed by atoms with Crippen molar-refractivity contribution in [3.05, 3.63) is 62.2 Å². The molecule has 1 heterocycles. The number of nitro groups is 1. The third kappa shape index (κ3) is 4.41. The van der Waals surface area contributed by atoms with E-state index in [0.717, 1.165) is 25.7 Å². The van der Waals surface area contributed by atoms with E-state index in [9.17, 15) is 19.5 Å². The highest BCUT2D eigenvalue weighted by Crippen LogP contribution is 2.56. The lowest BCUT2D eigenvalue weighted by molar-refractivity contribution is -0.384. The van der Waals surface area contributed by atoms with E-state index in [-0.39, 0.29) is 17.4 Å². The lowest BCUT2D eigenvalue weighted by Crippen LogP contribution is -2.28. The number of esters is 1.